The monoisotopic (exact) mass is 288 g/mol. The molecule has 2 aliphatic rings. The van der Waals surface area contributed by atoms with E-state index in [1.165, 1.54) is 0 Å². The van der Waals surface area contributed by atoms with Gasteiger partial charge in [0.15, 0.2) is 12.4 Å². The predicted octanol–water partition coefficient (Wildman–Crippen LogP) is 1.61. The van der Waals surface area contributed by atoms with Crippen molar-refractivity contribution in [3.8, 4) is 5.75 Å². The summed E-state index contributed by atoms with van der Waals surface area (Å²) in [6.07, 6.45) is 1.96. The number of hydrogen-bond donors (Lipinski definition) is 1. The molecule has 1 aromatic rings. The third kappa shape index (κ3) is 2.65. The Kier molecular flexibility index (Phi) is 3.92. The van der Waals surface area contributed by atoms with E-state index < -0.39 is 0 Å². The number of anilines is 1. The van der Waals surface area contributed by atoms with E-state index in [2.05, 4.69) is 5.32 Å². The Morgan fingerprint density at radius 2 is 2.33 bits per heavy atom. The molecule has 2 aliphatic heterocycles. The van der Waals surface area contributed by atoms with Gasteiger partial charge in [-0.2, -0.15) is 0 Å². The van der Waals surface area contributed by atoms with Crippen molar-refractivity contribution in [2.75, 3.05) is 31.1 Å². The maximum atomic E-state index is 12.6. The molecule has 0 bridgehead atoms. The number of carbonyl (C=O) groups is 2. The second-order valence-corrected chi connectivity index (χ2v) is 5.52. The molecule has 0 saturated carbocycles. The van der Waals surface area contributed by atoms with E-state index in [9.17, 15) is 9.59 Å². The zero-order valence-corrected chi connectivity index (χ0v) is 12.2. The summed E-state index contributed by atoms with van der Waals surface area (Å²) in [7, 11) is 0. The zero-order chi connectivity index (χ0) is 14.8. The van der Waals surface area contributed by atoms with Crippen molar-refractivity contribution in [1.82, 2.24) is 5.32 Å². The number of likely N-dealkylation sites (N-methyl/N-ethyl adjacent to an activating group) is 1. The van der Waals surface area contributed by atoms with Crippen LogP contribution >= 0.6 is 0 Å². The number of benzene rings is 1. The molecule has 1 amide bonds. The highest BCUT2D eigenvalue weighted by Crippen LogP contribution is 2.33. The third-order valence-electron chi connectivity index (χ3n) is 4.17. The smallest absolute Gasteiger partial charge is 0.265 e. The summed E-state index contributed by atoms with van der Waals surface area (Å²) < 4.78 is 5.43. The molecule has 0 aromatic heterocycles. The van der Waals surface area contributed by atoms with Crippen molar-refractivity contribution in [3.63, 3.8) is 0 Å². The number of amides is 1. The number of piperidine rings is 1. The summed E-state index contributed by atoms with van der Waals surface area (Å²) in [5, 5.41) is 3.26. The predicted molar refractivity (Wildman–Crippen MR) is 79.9 cm³/mol. The van der Waals surface area contributed by atoms with E-state index in [1.807, 2.05) is 6.92 Å². The van der Waals surface area contributed by atoms with Crippen molar-refractivity contribution >= 4 is 17.4 Å². The van der Waals surface area contributed by atoms with Gasteiger partial charge in [0, 0.05) is 24.6 Å². The zero-order valence-electron chi connectivity index (χ0n) is 12.2. The molecule has 1 atom stereocenters. The summed E-state index contributed by atoms with van der Waals surface area (Å²) in [5.74, 6) is 0.801. The molecule has 0 spiro atoms. The fraction of sp³-hybridized carbons (Fsp3) is 0.500. The van der Waals surface area contributed by atoms with Crippen LogP contribution in [0.25, 0.3) is 0 Å². The van der Waals surface area contributed by atoms with Gasteiger partial charge in [0.05, 0.1) is 5.69 Å². The molecule has 21 heavy (non-hydrogen) atoms. The molecule has 1 saturated heterocycles. The van der Waals surface area contributed by atoms with Gasteiger partial charge in [-0.15, -0.1) is 0 Å². The molecular formula is C16H20N2O3. The fourth-order valence-electron chi connectivity index (χ4n) is 3.01. The number of nitrogens with one attached hydrogen (secondary N) is 1. The minimum Gasteiger partial charge on any atom is -0.482 e. The molecule has 5 nitrogen and oxygen atoms in total. The first kappa shape index (κ1) is 14.1. The number of ketones is 1. The Hall–Kier alpha value is -1.88. The van der Waals surface area contributed by atoms with Crippen LogP contribution in [0, 0.1) is 5.92 Å². The maximum absolute atomic E-state index is 12.6. The van der Waals surface area contributed by atoms with E-state index in [4.69, 9.17) is 4.74 Å². The molecule has 3 rings (SSSR count). The van der Waals surface area contributed by atoms with Crippen molar-refractivity contribution in [3.05, 3.63) is 23.8 Å². The van der Waals surface area contributed by atoms with Gasteiger partial charge in [0.25, 0.3) is 5.91 Å². The average Bonchev–Trinajstić information content (AvgIpc) is 2.54. The second kappa shape index (κ2) is 5.85. The van der Waals surface area contributed by atoms with Crippen molar-refractivity contribution < 1.29 is 14.3 Å². The molecule has 112 valence electrons. The highest BCUT2D eigenvalue weighted by molar-refractivity contribution is 6.02. The fourth-order valence-corrected chi connectivity index (χ4v) is 3.01. The van der Waals surface area contributed by atoms with Gasteiger partial charge in [-0.3, -0.25) is 9.59 Å². The Labute approximate surface area is 124 Å². The summed E-state index contributed by atoms with van der Waals surface area (Å²) in [4.78, 5) is 26.1. The number of carbonyl (C=O) groups excluding carboxylic acids is 2. The molecule has 0 aliphatic carbocycles. The Bertz CT molecular complexity index is 565. The topological polar surface area (TPSA) is 58.6 Å². The lowest BCUT2D eigenvalue weighted by Crippen LogP contribution is -2.39. The van der Waals surface area contributed by atoms with Crippen molar-refractivity contribution in [2.45, 2.75) is 19.8 Å². The largest absolute Gasteiger partial charge is 0.482 e. The van der Waals surface area contributed by atoms with Gasteiger partial charge >= 0.3 is 0 Å². The van der Waals surface area contributed by atoms with Crippen LogP contribution in [0.1, 0.15) is 30.1 Å². The number of hydrogen-bond acceptors (Lipinski definition) is 4. The summed E-state index contributed by atoms with van der Waals surface area (Å²) in [6, 6.07) is 5.40. The van der Waals surface area contributed by atoms with Gasteiger partial charge in [-0.1, -0.05) is 0 Å². The highest BCUT2D eigenvalue weighted by Gasteiger charge is 2.27. The highest BCUT2D eigenvalue weighted by atomic mass is 16.5. The van der Waals surface area contributed by atoms with Crippen LogP contribution in [0.2, 0.25) is 0 Å². The van der Waals surface area contributed by atoms with E-state index in [0.717, 1.165) is 25.9 Å². The second-order valence-electron chi connectivity index (χ2n) is 5.52. The third-order valence-corrected chi connectivity index (χ3v) is 4.17. The first-order valence-corrected chi connectivity index (χ1v) is 7.53. The van der Waals surface area contributed by atoms with Gasteiger partial charge in [-0.25, -0.2) is 0 Å². The molecule has 1 aromatic carbocycles. The summed E-state index contributed by atoms with van der Waals surface area (Å²) in [6.45, 7) is 4.30. The quantitative estimate of drug-likeness (QED) is 0.859. The first-order chi connectivity index (χ1) is 10.2. The Morgan fingerprint density at radius 1 is 1.48 bits per heavy atom. The van der Waals surface area contributed by atoms with Gasteiger partial charge < -0.3 is 15.0 Å². The maximum Gasteiger partial charge on any atom is 0.265 e. The van der Waals surface area contributed by atoms with Crippen LogP contribution in [0.4, 0.5) is 5.69 Å². The van der Waals surface area contributed by atoms with Gasteiger partial charge in [-0.05, 0) is 44.5 Å². The van der Waals surface area contributed by atoms with Crippen LogP contribution in [0.15, 0.2) is 18.2 Å². The lowest BCUT2D eigenvalue weighted by atomic mass is 9.90. The summed E-state index contributed by atoms with van der Waals surface area (Å²) in [5.41, 5.74) is 1.38. The van der Waals surface area contributed by atoms with Gasteiger partial charge in [0.1, 0.15) is 5.75 Å². The van der Waals surface area contributed by atoms with Crippen LogP contribution in [-0.2, 0) is 4.79 Å². The van der Waals surface area contributed by atoms with E-state index in [1.54, 1.807) is 23.1 Å². The van der Waals surface area contributed by atoms with E-state index in [0.29, 0.717) is 23.5 Å². The molecule has 2 heterocycles. The van der Waals surface area contributed by atoms with Crippen LogP contribution < -0.4 is 15.0 Å². The molecule has 1 unspecified atom stereocenters. The molecule has 1 N–H and O–H groups in total. The normalized spacial score (nSPS) is 21.7. The molecule has 0 radical (unpaired) electrons. The number of rotatable bonds is 3. The minimum absolute atomic E-state index is 0.0343. The minimum atomic E-state index is -0.0612. The van der Waals surface area contributed by atoms with E-state index in [-0.39, 0.29) is 24.2 Å². The number of Topliss-reactive ketones (excluding diaryl/α,β-unsaturated/α-hetero) is 1. The SMILES string of the molecule is CCN1C(=O)COc2ccc(C(=O)C3CCCNC3)cc21. The molecule has 1 fully saturated rings. The van der Waals surface area contributed by atoms with Crippen LogP contribution in [0.5, 0.6) is 5.75 Å². The van der Waals surface area contributed by atoms with Crippen LogP contribution in [0.3, 0.4) is 0 Å². The number of ether oxygens (including phenoxy) is 1. The van der Waals surface area contributed by atoms with Crippen LogP contribution in [-0.4, -0.2) is 37.9 Å². The van der Waals surface area contributed by atoms with Crippen molar-refractivity contribution in [2.24, 2.45) is 5.92 Å². The van der Waals surface area contributed by atoms with Crippen molar-refractivity contribution in [1.29, 1.82) is 0 Å². The summed E-state index contributed by atoms with van der Waals surface area (Å²) >= 11 is 0. The average molecular weight is 288 g/mol. The molecular weight excluding hydrogens is 268 g/mol. The number of fused-ring (bicyclic) bond motifs is 1. The lowest BCUT2D eigenvalue weighted by molar-refractivity contribution is -0.121. The lowest BCUT2D eigenvalue weighted by Gasteiger charge is -2.29. The van der Waals surface area contributed by atoms with E-state index >= 15 is 0 Å². The standard InChI is InChI=1S/C16H20N2O3/c1-2-18-13-8-11(5-6-14(13)21-10-15(18)19)16(20)12-4-3-7-17-9-12/h5-6,8,12,17H,2-4,7,9-10H2,1H3. The van der Waals surface area contributed by atoms with Gasteiger partial charge in [0.2, 0.25) is 0 Å². The Balaban J connectivity index is 1.89. The first-order valence-electron chi connectivity index (χ1n) is 7.53. The Morgan fingerprint density at radius 3 is 3.05 bits per heavy atom. The molecule has 5 heteroatoms. The number of nitrogens with zero attached hydrogens (tertiary/aromatic N) is 1.